The van der Waals surface area contributed by atoms with Gasteiger partial charge in [0.1, 0.15) is 0 Å². The van der Waals surface area contributed by atoms with E-state index in [-0.39, 0.29) is 5.41 Å². The first-order valence-electron chi connectivity index (χ1n) is 3.07. The Kier molecular flexibility index (Phi) is 1.35. The molecule has 1 fully saturated rings. The lowest BCUT2D eigenvalue weighted by Gasteiger charge is -2.33. The van der Waals surface area contributed by atoms with Crippen LogP contribution in [0.1, 0.15) is 26.2 Å². The van der Waals surface area contributed by atoms with E-state index in [2.05, 4.69) is 5.18 Å². The average molecular weight is 127 g/mol. The highest BCUT2D eigenvalue weighted by molar-refractivity contribution is 5.83. The Labute approximate surface area is 53.4 Å². The molecule has 50 valence electrons. The highest BCUT2D eigenvalue weighted by Crippen LogP contribution is 2.41. The summed E-state index contributed by atoms with van der Waals surface area (Å²) < 4.78 is 0. The molecule has 1 aliphatic carbocycles. The summed E-state index contributed by atoms with van der Waals surface area (Å²) in [5.74, 6) is -0.478. The highest BCUT2D eigenvalue weighted by Gasteiger charge is 2.39. The van der Waals surface area contributed by atoms with Gasteiger partial charge in [-0.15, -0.1) is 4.91 Å². The number of amides is 1. The lowest BCUT2D eigenvalue weighted by Crippen LogP contribution is -2.33. The van der Waals surface area contributed by atoms with E-state index in [0.29, 0.717) is 0 Å². The fourth-order valence-corrected chi connectivity index (χ4v) is 1.03. The van der Waals surface area contributed by atoms with Crippen LogP contribution in [-0.4, -0.2) is 5.91 Å². The van der Waals surface area contributed by atoms with Gasteiger partial charge in [0.15, 0.2) is 0 Å². The SMILES string of the molecule is CC1(C(=O)N=O)CCC1. The Balaban J connectivity index is 2.58. The number of carbonyl (C=O) groups excluding carboxylic acids is 1. The molecule has 0 heterocycles. The van der Waals surface area contributed by atoms with Crippen LogP contribution in [0, 0.1) is 10.3 Å². The summed E-state index contributed by atoms with van der Waals surface area (Å²) in [5, 5.41) is 2.39. The largest absolute Gasteiger partial charge is 0.292 e. The van der Waals surface area contributed by atoms with E-state index in [4.69, 9.17) is 0 Å². The zero-order valence-corrected chi connectivity index (χ0v) is 5.39. The van der Waals surface area contributed by atoms with Crippen molar-refractivity contribution in [1.29, 1.82) is 0 Å². The van der Waals surface area contributed by atoms with Gasteiger partial charge in [-0.25, -0.2) is 0 Å². The molecule has 1 saturated carbocycles. The smallest absolute Gasteiger partial charge is 0.268 e. The normalized spacial score (nSPS) is 22.3. The minimum absolute atomic E-state index is 0.387. The maximum Gasteiger partial charge on any atom is 0.292 e. The van der Waals surface area contributed by atoms with Crippen LogP contribution in [-0.2, 0) is 4.79 Å². The molecule has 1 rings (SSSR count). The molecule has 0 aromatic heterocycles. The Morgan fingerprint density at radius 1 is 1.56 bits per heavy atom. The number of rotatable bonds is 1. The van der Waals surface area contributed by atoms with E-state index in [1.54, 1.807) is 6.92 Å². The lowest BCUT2D eigenvalue weighted by atomic mass is 9.70. The summed E-state index contributed by atoms with van der Waals surface area (Å²) in [7, 11) is 0. The van der Waals surface area contributed by atoms with Gasteiger partial charge in [-0.3, -0.25) is 4.79 Å². The fraction of sp³-hybridized carbons (Fsp3) is 0.833. The molecular formula is C6H9NO2. The summed E-state index contributed by atoms with van der Waals surface area (Å²) >= 11 is 0. The van der Waals surface area contributed by atoms with Crippen molar-refractivity contribution in [2.75, 3.05) is 0 Å². The zero-order valence-electron chi connectivity index (χ0n) is 5.39. The number of carbonyl (C=O) groups is 1. The zero-order chi connectivity index (χ0) is 6.91. The van der Waals surface area contributed by atoms with Crippen LogP contribution in [0.4, 0.5) is 0 Å². The van der Waals surface area contributed by atoms with Gasteiger partial charge in [-0.05, 0) is 12.8 Å². The van der Waals surface area contributed by atoms with Gasteiger partial charge in [-0.1, -0.05) is 13.3 Å². The van der Waals surface area contributed by atoms with E-state index >= 15 is 0 Å². The Morgan fingerprint density at radius 2 is 2.11 bits per heavy atom. The molecule has 0 unspecified atom stereocenters. The van der Waals surface area contributed by atoms with Gasteiger partial charge in [0.05, 0.1) is 5.41 Å². The van der Waals surface area contributed by atoms with Crippen LogP contribution in [0.2, 0.25) is 0 Å². The van der Waals surface area contributed by atoms with Crippen molar-refractivity contribution in [3.63, 3.8) is 0 Å². The molecule has 0 atom stereocenters. The van der Waals surface area contributed by atoms with E-state index in [0.717, 1.165) is 19.3 Å². The molecule has 0 aromatic carbocycles. The summed E-state index contributed by atoms with van der Waals surface area (Å²) in [6.45, 7) is 1.79. The standard InChI is InChI=1S/C6H9NO2/c1-6(3-2-4-6)5(8)7-9/h2-4H2,1H3. The van der Waals surface area contributed by atoms with Gasteiger partial charge in [0, 0.05) is 5.18 Å². The van der Waals surface area contributed by atoms with Crippen LogP contribution < -0.4 is 0 Å². The second-order valence-corrected chi connectivity index (χ2v) is 2.81. The Bertz CT molecular complexity index is 149. The number of nitroso groups, excluding NO2 is 1. The molecule has 3 heteroatoms. The minimum Gasteiger partial charge on any atom is -0.268 e. The summed E-state index contributed by atoms with van der Waals surface area (Å²) in [6, 6.07) is 0. The fourth-order valence-electron chi connectivity index (χ4n) is 1.03. The second-order valence-electron chi connectivity index (χ2n) is 2.81. The monoisotopic (exact) mass is 127 g/mol. The first kappa shape index (κ1) is 6.39. The molecule has 3 nitrogen and oxygen atoms in total. The third kappa shape index (κ3) is 0.866. The van der Waals surface area contributed by atoms with Gasteiger partial charge in [0.25, 0.3) is 5.91 Å². The van der Waals surface area contributed by atoms with Crippen molar-refractivity contribution >= 4 is 5.91 Å². The maximum absolute atomic E-state index is 10.6. The van der Waals surface area contributed by atoms with E-state index < -0.39 is 5.91 Å². The van der Waals surface area contributed by atoms with Crippen molar-refractivity contribution in [2.24, 2.45) is 10.6 Å². The van der Waals surface area contributed by atoms with E-state index in [9.17, 15) is 9.70 Å². The predicted octanol–water partition coefficient (Wildman–Crippen LogP) is 1.47. The first-order chi connectivity index (χ1) is 4.19. The minimum atomic E-state index is -0.478. The Hall–Kier alpha value is -0.730. The topological polar surface area (TPSA) is 46.5 Å². The maximum atomic E-state index is 10.6. The summed E-state index contributed by atoms with van der Waals surface area (Å²) in [4.78, 5) is 20.4. The molecule has 9 heavy (non-hydrogen) atoms. The quantitative estimate of drug-likeness (QED) is 0.501. The third-order valence-corrected chi connectivity index (χ3v) is 2.06. The number of hydrogen-bond donors (Lipinski definition) is 0. The van der Waals surface area contributed by atoms with Gasteiger partial charge in [-0.2, -0.15) is 0 Å². The molecule has 1 amide bonds. The molecule has 0 radical (unpaired) electrons. The van der Waals surface area contributed by atoms with Gasteiger partial charge >= 0.3 is 0 Å². The van der Waals surface area contributed by atoms with Crippen molar-refractivity contribution in [1.82, 2.24) is 0 Å². The van der Waals surface area contributed by atoms with Crippen molar-refractivity contribution in [2.45, 2.75) is 26.2 Å². The van der Waals surface area contributed by atoms with Crippen molar-refractivity contribution in [3.8, 4) is 0 Å². The van der Waals surface area contributed by atoms with Crippen molar-refractivity contribution in [3.05, 3.63) is 4.91 Å². The number of nitrogens with zero attached hydrogens (tertiary/aromatic N) is 1. The molecule has 0 aliphatic heterocycles. The van der Waals surface area contributed by atoms with Crippen LogP contribution in [0.3, 0.4) is 0 Å². The third-order valence-electron chi connectivity index (χ3n) is 2.06. The molecule has 0 N–H and O–H groups in total. The lowest BCUT2D eigenvalue weighted by molar-refractivity contribution is -0.130. The van der Waals surface area contributed by atoms with E-state index in [1.165, 1.54) is 0 Å². The van der Waals surface area contributed by atoms with Crippen LogP contribution in [0.25, 0.3) is 0 Å². The molecule has 0 spiro atoms. The highest BCUT2D eigenvalue weighted by atomic mass is 16.3. The molecule has 0 bridgehead atoms. The van der Waals surface area contributed by atoms with Crippen LogP contribution in [0.5, 0.6) is 0 Å². The molecular weight excluding hydrogens is 118 g/mol. The van der Waals surface area contributed by atoms with Gasteiger partial charge in [0.2, 0.25) is 0 Å². The Morgan fingerprint density at radius 3 is 2.22 bits per heavy atom. The summed E-state index contributed by atoms with van der Waals surface area (Å²) in [6.07, 6.45) is 2.72. The first-order valence-corrected chi connectivity index (χ1v) is 3.07. The van der Waals surface area contributed by atoms with E-state index in [1.807, 2.05) is 0 Å². The van der Waals surface area contributed by atoms with Crippen molar-refractivity contribution < 1.29 is 4.79 Å². The molecule has 1 aliphatic rings. The molecule has 0 saturated heterocycles. The average Bonchev–Trinajstić information content (AvgIpc) is 1.81. The second kappa shape index (κ2) is 1.90. The summed E-state index contributed by atoms with van der Waals surface area (Å²) in [5.41, 5.74) is -0.387. The van der Waals surface area contributed by atoms with Crippen LogP contribution >= 0.6 is 0 Å². The van der Waals surface area contributed by atoms with Gasteiger partial charge < -0.3 is 0 Å². The molecule has 0 aromatic rings. The number of hydrogen-bond acceptors (Lipinski definition) is 2. The predicted molar refractivity (Wildman–Crippen MR) is 32.8 cm³/mol. The van der Waals surface area contributed by atoms with Crippen LogP contribution in [0.15, 0.2) is 5.18 Å².